The van der Waals surface area contributed by atoms with Gasteiger partial charge in [-0.1, -0.05) is 12.1 Å². The van der Waals surface area contributed by atoms with Crippen LogP contribution < -0.4 is 4.74 Å². The van der Waals surface area contributed by atoms with Crippen LogP contribution in [0.1, 0.15) is 23.3 Å². The first kappa shape index (κ1) is 15.4. The first-order valence-electron chi connectivity index (χ1n) is 8.53. The van der Waals surface area contributed by atoms with Gasteiger partial charge in [0.15, 0.2) is 5.82 Å². The molecule has 1 aliphatic carbocycles. The van der Waals surface area contributed by atoms with Gasteiger partial charge in [0.1, 0.15) is 16.9 Å². The number of aromatic nitrogens is 6. The van der Waals surface area contributed by atoms with Gasteiger partial charge in [0.05, 0.1) is 12.5 Å². The zero-order valence-corrected chi connectivity index (χ0v) is 15.0. The third-order valence-corrected chi connectivity index (χ3v) is 5.86. The predicted octanol–water partition coefficient (Wildman–Crippen LogP) is 3.22. The van der Waals surface area contributed by atoms with Gasteiger partial charge >= 0.3 is 0 Å². The van der Waals surface area contributed by atoms with Gasteiger partial charge in [-0.05, 0) is 48.6 Å². The summed E-state index contributed by atoms with van der Waals surface area (Å²) in [5.41, 5.74) is 2.21. The molecule has 7 nitrogen and oxygen atoms in total. The van der Waals surface area contributed by atoms with Crippen LogP contribution in [0.15, 0.2) is 30.6 Å². The number of aryl methyl sites for hydroxylation is 2. The van der Waals surface area contributed by atoms with Gasteiger partial charge in [-0.15, -0.1) is 26.3 Å². The summed E-state index contributed by atoms with van der Waals surface area (Å²) in [6.45, 7) is 0. The van der Waals surface area contributed by atoms with E-state index in [1.807, 2.05) is 24.3 Å². The molecule has 26 heavy (non-hydrogen) atoms. The maximum atomic E-state index is 5.28. The smallest absolute Gasteiger partial charge is 0.205 e. The summed E-state index contributed by atoms with van der Waals surface area (Å²) in [5.74, 6) is 2.01. The summed E-state index contributed by atoms with van der Waals surface area (Å²) in [5, 5.41) is 14.1. The van der Waals surface area contributed by atoms with E-state index in [1.54, 1.807) is 24.8 Å². The fourth-order valence-electron chi connectivity index (χ4n) is 3.41. The van der Waals surface area contributed by atoms with Crippen LogP contribution in [0.5, 0.6) is 5.75 Å². The lowest BCUT2D eigenvalue weighted by atomic mass is 9.97. The lowest BCUT2D eigenvalue weighted by Gasteiger charge is -2.10. The molecule has 0 amide bonds. The minimum absolute atomic E-state index is 0.541. The number of tetrazole rings is 1. The van der Waals surface area contributed by atoms with E-state index in [1.165, 1.54) is 28.1 Å². The Labute approximate surface area is 153 Å². The van der Waals surface area contributed by atoms with Crippen LogP contribution in [-0.4, -0.2) is 37.3 Å². The molecule has 0 N–H and O–H groups in total. The Kier molecular flexibility index (Phi) is 3.63. The van der Waals surface area contributed by atoms with Crippen molar-refractivity contribution < 1.29 is 4.74 Å². The second-order valence-electron chi connectivity index (χ2n) is 6.22. The standard InChI is InChI=1S/C18H16N6OS/c1-25-12-6-4-5-11(9-12)16-21-23-24(22-16)17-15-13-7-2-3-8-14(13)26-18(15)20-10-19-17/h4-6,9-10H,2-3,7-8H2,1H3. The summed E-state index contributed by atoms with van der Waals surface area (Å²) >= 11 is 1.76. The fraction of sp³-hybridized carbons (Fsp3) is 0.278. The van der Waals surface area contributed by atoms with Gasteiger partial charge in [0, 0.05) is 10.4 Å². The van der Waals surface area contributed by atoms with Crippen LogP contribution in [-0.2, 0) is 12.8 Å². The van der Waals surface area contributed by atoms with Gasteiger partial charge in [0.2, 0.25) is 5.82 Å². The van der Waals surface area contributed by atoms with Gasteiger partial charge in [-0.25, -0.2) is 9.97 Å². The molecule has 0 saturated heterocycles. The van der Waals surface area contributed by atoms with E-state index in [4.69, 9.17) is 4.74 Å². The average Bonchev–Trinajstić information content (AvgIpc) is 3.33. The van der Waals surface area contributed by atoms with Crippen molar-refractivity contribution in [3.8, 4) is 23.0 Å². The first-order chi connectivity index (χ1) is 12.8. The summed E-state index contributed by atoms with van der Waals surface area (Å²) in [7, 11) is 1.64. The SMILES string of the molecule is COc1cccc(-c2nnn(-c3ncnc4sc5c(c34)CCCC5)n2)c1. The topological polar surface area (TPSA) is 78.6 Å². The first-order valence-corrected chi connectivity index (χ1v) is 9.35. The highest BCUT2D eigenvalue weighted by Gasteiger charge is 2.22. The average molecular weight is 364 g/mol. The van der Waals surface area contributed by atoms with E-state index >= 15 is 0 Å². The van der Waals surface area contributed by atoms with Crippen LogP contribution in [0.3, 0.4) is 0 Å². The third-order valence-electron chi connectivity index (χ3n) is 4.66. The Morgan fingerprint density at radius 1 is 1.15 bits per heavy atom. The van der Waals surface area contributed by atoms with Crippen molar-refractivity contribution in [2.45, 2.75) is 25.7 Å². The third kappa shape index (κ3) is 2.45. The molecule has 1 aromatic carbocycles. The van der Waals surface area contributed by atoms with E-state index < -0.39 is 0 Å². The normalized spacial score (nSPS) is 13.7. The Morgan fingerprint density at radius 3 is 3.00 bits per heavy atom. The molecule has 3 aromatic heterocycles. The molecule has 0 radical (unpaired) electrons. The van der Waals surface area contributed by atoms with Crippen molar-refractivity contribution in [2.24, 2.45) is 0 Å². The molecule has 130 valence electrons. The van der Waals surface area contributed by atoms with Gasteiger partial charge in [-0.2, -0.15) is 0 Å². The second-order valence-corrected chi connectivity index (χ2v) is 7.31. The number of hydrogen-bond acceptors (Lipinski definition) is 7. The molecule has 4 aromatic rings. The van der Waals surface area contributed by atoms with Crippen LogP contribution in [0, 0.1) is 0 Å². The number of rotatable bonds is 3. The quantitative estimate of drug-likeness (QED) is 0.555. The number of fused-ring (bicyclic) bond motifs is 3. The molecule has 3 heterocycles. The molecule has 0 saturated carbocycles. The summed E-state index contributed by atoms with van der Waals surface area (Å²) in [4.78, 5) is 12.9. The Morgan fingerprint density at radius 2 is 2.08 bits per heavy atom. The summed E-state index contributed by atoms with van der Waals surface area (Å²) in [6.07, 6.45) is 6.20. The van der Waals surface area contributed by atoms with E-state index in [-0.39, 0.29) is 0 Å². The molecular formula is C18H16N6OS. The molecule has 5 rings (SSSR count). The molecule has 0 bridgehead atoms. The van der Waals surface area contributed by atoms with E-state index in [0.29, 0.717) is 11.6 Å². The maximum absolute atomic E-state index is 5.28. The second kappa shape index (κ2) is 6.14. The number of methoxy groups -OCH3 is 1. The molecule has 0 atom stereocenters. The minimum Gasteiger partial charge on any atom is -0.497 e. The predicted molar refractivity (Wildman–Crippen MR) is 98.8 cm³/mol. The lowest BCUT2D eigenvalue weighted by molar-refractivity contribution is 0.415. The number of thiophene rings is 1. The van der Waals surface area contributed by atoms with Crippen molar-refractivity contribution in [1.82, 2.24) is 30.2 Å². The molecule has 0 aliphatic heterocycles. The number of hydrogen-bond donors (Lipinski definition) is 0. The van der Waals surface area contributed by atoms with E-state index in [0.717, 1.165) is 34.4 Å². The Bertz CT molecular complexity index is 1100. The Balaban J connectivity index is 1.63. The molecule has 1 aliphatic rings. The maximum Gasteiger partial charge on any atom is 0.205 e. The van der Waals surface area contributed by atoms with Crippen molar-refractivity contribution in [3.05, 3.63) is 41.0 Å². The van der Waals surface area contributed by atoms with Crippen LogP contribution >= 0.6 is 11.3 Å². The van der Waals surface area contributed by atoms with Crippen molar-refractivity contribution in [1.29, 1.82) is 0 Å². The molecule has 8 heteroatoms. The van der Waals surface area contributed by atoms with Crippen LogP contribution in [0.2, 0.25) is 0 Å². The van der Waals surface area contributed by atoms with Crippen molar-refractivity contribution in [2.75, 3.05) is 7.11 Å². The van der Waals surface area contributed by atoms with Crippen LogP contribution in [0.4, 0.5) is 0 Å². The molecule has 0 unspecified atom stereocenters. The Hall–Kier alpha value is -2.87. The zero-order valence-electron chi connectivity index (χ0n) is 14.2. The zero-order chi connectivity index (χ0) is 17.5. The molecular weight excluding hydrogens is 348 g/mol. The van der Waals surface area contributed by atoms with Gasteiger partial charge in [-0.3, -0.25) is 0 Å². The highest BCUT2D eigenvalue weighted by molar-refractivity contribution is 7.18. The minimum atomic E-state index is 0.541. The summed E-state index contributed by atoms with van der Waals surface area (Å²) in [6, 6.07) is 7.63. The number of nitrogens with zero attached hydrogens (tertiary/aromatic N) is 6. The van der Waals surface area contributed by atoms with Gasteiger partial charge in [0.25, 0.3) is 0 Å². The molecule has 0 fully saturated rings. The largest absolute Gasteiger partial charge is 0.497 e. The van der Waals surface area contributed by atoms with Crippen molar-refractivity contribution in [3.63, 3.8) is 0 Å². The number of ether oxygens (including phenoxy) is 1. The monoisotopic (exact) mass is 364 g/mol. The van der Waals surface area contributed by atoms with E-state index in [9.17, 15) is 0 Å². The summed E-state index contributed by atoms with van der Waals surface area (Å²) < 4.78 is 5.28. The van der Waals surface area contributed by atoms with Gasteiger partial charge < -0.3 is 4.74 Å². The highest BCUT2D eigenvalue weighted by Crippen LogP contribution is 2.37. The fourth-order valence-corrected chi connectivity index (χ4v) is 4.63. The van der Waals surface area contributed by atoms with Crippen molar-refractivity contribution >= 4 is 21.6 Å². The van der Waals surface area contributed by atoms with E-state index in [2.05, 4.69) is 25.4 Å². The number of benzene rings is 1. The molecule has 0 spiro atoms. The highest BCUT2D eigenvalue weighted by atomic mass is 32.1. The van der Waals surface area contributed by atoms with Crippen LogP contribution in [0.25, 0.3) is 27.4 Å². The lowest BCUT2D eigenvalue weighted by Crippen LogP contribution is -2.05.